The van der Waals surface area contributed by atoms with E-state index in [1.54, 1.807) is 12.4 Å². The van der Waals surface area contributed by atoms with Crippen molar-refractivity contribution in [2.24, 2.45) is 0 Å². The minimum Gasteiger partial charge on any atom is -0.310 e. The van der Waals surface area contributed by atoms with Crippen LogP contribution in [0.2, 0.25) is 0 Å². The maximum atomic E-state index is 5.23. The molecule has 44 heavy (non-hydrogen) atoms. The average Bonchev–Trinajstić information content (AvgIpc) is 3.51. The van der Waals surface area contributed by atoms with Gasteiger partial charge < -0.3 is 4.90 Å². The molecule has 0 atom stereocenters. The zero-order valence-corrected chi connectivity index (χ0v) is 23.8. The second-order valence-electron chi connectivity index (χ2n) is 10.6. The predicted octanol–water partition coefficient (Wildman–Crippen LogP) is 9.75. The van der Waals surface area contributed by atoms with E-state index in [1.807, 2.05) is 36.5 Å². The van der Waals surface area contributed by atoms with Gasteiger partial charge in [-0.3, -0.25) is 9.38 Å². The molecule has 0 N–H and O–H groups in total. The molecule has 4 aromatic carbocycles. The van der Waals surface area contributed by atoms with Crippen LogP contribution >= 0.6 is 0 Å². The lowest BCUT2D eigenvalue weighted by atomic mass is 10.0. The van der Waals surface area contributed by atoms with Crippen LogP contribution in [-0.2, 0) is 0 Å². The summed E-state index contributed by atoms with van der Waals surface area (Å²) in [6.07, 6.45) is 5.45. The van der Waals surface area contributed by atoms with Crippen molar-refractivity contribution in [3.63, 3.8) is 0 Å². The number of fused-ring (bicyclic) bond motifs is 3. The van der Waals surface area contributed by atoms with Gasteiger partial charge in [0.15, 0.2) is 0 Å². The van der Waals surface area contributed by atoms with Crippen LogP contribution in [0.3, 0.4) is 0 Å². The van der Waals surface area contributed by atoms with E-state index in [4.69, 9.17) is 9.97 Å². The molecule has 0 saturated heterocycles. The standard InChI is InChI=1S/C39H27N5/c1-3-14-33(15-4-1)43(34-16-5-2-6-17-34)35-18-8-11-31(27-35)30-10-7-12-32(26-30)39-42-37(28-21-24-40-25-22-28)36-20-19-29-13-9-23-41-38(29)44(36)39/h1-27H. The SMILES string of the molecule is c1ccc(N(c2ccccc2)c2cccc(-c3cccc(-c4nc(-c5ccncc5)c5ccc6cccnc6n45)c3)c2)cc1. The molecule has 0 unspecified atom stereocenters. The lowest BCUT2D eigenvalue weighted by molar-refractivity contribution is 1.17. The first-order valence-corrected chi connectivity index (χ1v) is 14.6. The molecule has 8 aromatic rings. The van der Waals surface area contributed by atoms with Crippen LogP contribution in [0.25, 0.3) is 50.3 Å². The molecule has 208 valence electrons. The van der Waals surface area contributed by atoms with Gasteiger partial charge in [0.05, 0.1) is 11.2 Å². The molecule has 4 aromatic heterocycles. The highest BCUT2D eigenvalue weighted by Crippen LogP contribution is 2.38. The van der Waals surface area contributed by atoms with Gasteiger partial charge in [-0.05, 0) is 90.0 Å². The first-order chi connectivity index (χ1) is 21.8. The van der Waals surface area contributed by atoms with Crippen LogP contribution in [-0.4, -0.2) is 19.4 Å². The minimum atomic E-state index is 0.851. The van der Waals surface area contributed by atoms with Gasteiger partial charge in [0, 0.05) is 52.2 Å². The van der Waals surface area contributed by atoms with Gasteiger partial charge in [-0.2, -0.15) is 0 Å². The first kappa shape index (κ1) is 25.6. The monoisotopic (exact) mass is 565 g/mol. The summed E-state index contributed by atoms with van der Waals surface area (Å²) in [5.41, 5.74) is 10.4. The Morgan fingerprint density at radius 2 is 1.14 bits per heavy atom. The van der Waals surface area contributed by atoms with Crippen LogP contribution in [0.4, 0.5) is 17.1 Å². The molecule has 0 aliphatic rings. The number of aromatic nitrogens is 4. The number of anilines is 3. The third kappa shape index (κ3) is 4.57. The highest BCUT2D eigenvalue weighted by atomic mass is 15.1. The number of pyridine rings is 3. The van der Waals surface area contributed by atoms with E-state index in [0.717, 1.165) is 67.4 Å². The third-order valence-electron chi connectivity index (χ3n) is 7.90. The lowest BCUT2D eigenvalue weighted by Gasteiger charge is -2.26. The van der Waals surface area contributed by atoms with Crippen LogP contribution in [0, 0.1) is 0 Å². The van der Waals surface area contributed by atoms with Gasteiger partial charge in [-0.1, -0.05) is 66.7 Å². The summed E-state index contributed by atoms with van der Waals surface area (Å²) >= 11 is 0. The molecule has 0 saturated carbocycles. The molecule has 0 amide bonds. The van der Waals surface area contributed by atoms with Crippen LogP contribution in [0.5, 0.6) is 0 Å². The van der Waals surface area contributed by atoms with E-state index in [-0.39, 0.29) is 0 Å². The van der Waals surface area contributed by atoms with Crippen molar-refractivity contribution in [1.82, 2.24) is 19.4 Å². The molecule has 0 aliphatic heterocycles. The van der Waals surface area contributed by atoms with Crippen LogP contribution in [0.15, 0.2) is 164 Å². The summed E-state index contributed by atoms with van der Waals surface area (Å²) in [5.74, 6) is 0.851. The Labute approximate surface area is 255 Å². The summed E-state index contributed by atoms with van der Waals surface area (Å²) in [4.78, 5) is 16.5. The zero-order chi connectivity index (χ0) is 29.3. The van der Waals surface area contributed by atoms with Crippen molar-refractivity contribution in [2.75, 3.05) is 4.90 Å². The Balaban J connectivity index is 1.28. The lowest BCUT2D eigenvalue weighted by Crippen LogP contribution is -2.09. The molecule has 0 bridgehead atoms. The second kappa shape index (κ2) is 11.0. The van der Waals surface area contributed by atoms with Gasteiger partial charge in [-0.15, -0.1) is 0 Å². The van der Waals surface area contributed by atoms with E-state index >= 15 is 0 Å². The summed E-state index contributed by atoms with van der Waals surface area (Å²) in [5, 5.41) is 1.06. The molecular weight excluding hydrogens is 538 g/mol. The summed E-state index contributed by atoms with van der Waals surface area (Å²) in [6, 6.07) is 50.6. The molecule has 5 heteroatoms. The number of para-hydroxylation sites is 2. The average molecular weight is 566 g/mol. The molecule has 0 spiro atoms. The van der Waals surface area contributed by atoms with E-state index < -0.39 is 0 Å². The van der Waals surface area contributed by atoms with E-state index in [2.05, 4.69) is 130 Å². The van der Waals surface area contributed by atoms with Crippen molar-refractivity contribution in [1.29, 1.82) is 0 Å². The summed E-state index contributed by atoms with van der Waals surface area (Å²) in [7, 11) is 0. The summed E-state index contributed by atoms with van der Waals surface area (Å²) < 4.78 is 2.17. The fourth-order valence-corrected chi connectivity index (χ4v) is 5.88. The number of hydrogen-bond acceptors (Lipinski definition) is 4. The topological polar surface area (TPSA) is 46.3 Å². The van der Waals surface area contributed by atoms with Crippen molar-refractivity contribution in [3.05, 3.63) is 164 Å². The van der Waals surface area contributed by atoms with E-state index in [9.17, 15) is 0 Å². The highest BCUT2D eigenvalue weighted by Gasteiger charge is 2.18. The number of nitrogens with zero attached hydrogens (tertiary/aromatic N) is 5. The quantitative estimate of drug-likeness (QED) is 0.201. The molecule has 4 heterocycles. The van der Waals surface area contributed by atoms with Crippen molar-refractivity contribution < 1.29 is 0 Å². The molecule has 0 aliphatic carbocycles. The van der Waals surface area contributed by atoms with Crippen molar-refractivity contribution in [2.45, 2.75) is 0 Å². The number of rotatable bonds is 6. The van der Waals surface area contributed by atoms with Gasteiger partial charge >= 0.3 is 0 Å². The number of imidazole rings is 1. The second-order valence-corrected chi connectivity index (χ2v) is 10.6. The Hall–Kier alpha value is -6.07. The maximum Gasteiger partial charge on any atom is 0.146 e. The first-order valence-electron chi connectivity index (χ1n) is 14.6. The van der Waals surface area contributed by atoms with Gasteiger partial charge in [0.1, 0.15) is 11.5 Å². The fraction of sp³-hybridized carbons (Fsp3) is 0. The Bertz CT molecular complexity index is 2190. The van der Waals surface area contributed by atoms with Crippen molar-refractivity contribution >= 4 is 33.6 Å². The maximum absolute atomic E-state index is 5.23. The summed E-state index contributed by atoms with van der Waals surface area (Å²) in [6.45, 7) is 0. The van der Waals surface area contributed by atoms with Crippen molar-refractivity contribution in [3.8, 4) is 33.8 Å². The molecule has 8 rings (SSSR count). The Morgan fingerprint density at radius 1 is 0.477 bits per heavy atom. The predicted molar refractivity (Wildman–Crippen MR) is 179 cm³/mol. The zero-order valence-electron chi connectivity index (χ0n) is 23.8. The number of benzene rings is 4. The normalized spacial score (nSPS) is 11.2. The molecular formula is C39H27N5. The minimum absolute atomic E-state index is 0.851. The van der Waals surface area contributed by atoms with Gasteiger partial charge in [0.25, 0.3) is 0 Å². The Morgan fingerprint density at radius 3 is 1.89 bits per heavy atom. The van der Waals surface area contributed by atoms with Gasteiger partial charge in [0.2, 0.25) is 0 Å². The molecule has 0 fully saturated rings. The van der Waals surface area contributed by atoms with E-state index in [1.165, 1.54) is 0 Å². The van der Waals surface area contributed by atoms with Gasteiger partial charge in [-0.25, -0.2) is 9.97 Å². The largest absolute Gasteiger partial charge is 0.310 e. The molecule has 5 nitrogen and oxygen atoms in total. The number of hydrogen-bond donors (Lipinski definition) is 0. The highest BCUT2D eigenvalue weighted by molar-refractivity contribution is 5.90. The van der Waals surface area contributed by atoms with Crippen LogP contribution in [0.1, 0.15) is 0 Å². The van der Waals surface area contributed by atoms with E-state index in [0.29, 0.717) is 0 Å². The third-order valence-corrected chi connectivity index (χ3v) is 7.90. The van der Waals surface area contributed by atoms with Crippen LogP contribution < -0.4 is 4.90 Å². The fourth-order valence-electron chi connectivity index (χ4n) is 5.88. The smallest absolute Gasteiger partial charge is 0.146 e. The Kier molecular flexibility index (Phi) is 6.39. The molecule has 0 radical (unpaired) electrons.